The highest BCUT2D eigenvalue weighted by Gasteiger charge is 2.10. The van der Waals surface area contributed by atoms with E-state index < -0.39 is 0 Å². The average molecular weight is 209 g/mol. The fraction of sp³-hybridized carbons (Fsp3) is 0.600. The van der Waals surface area contributed by atoms with Crippen LogP contribution in [-0.2, 0) is 0 Å². The predicted octanol–water partition coefficient (Wildman–Crippen LogP) is 1.23. The molecule has 0 unspecified atom stereocenters. The van der Waals surface area contributed by atoms with Gasteiger partial charge in [-0.2, -0.15) is 4.98 Å². The van der Waals surface area contributed by atoms with Crippen LogP contribution in [0.2, 0.25) is 0 Å². The molecule has 0 atom stereocenters. The van der Waals surface area contributed by atoms with Gasteiger partial charge in [0.15, 0.2) is 0 Å². The fourth-order valence-electron chi connectivity index (χ4n) is 1.40. The topological polar surface area (TPSA) is 67.1 Å². The van der Waals surface area contributed by atoms with Crippen molar-refractivity contribution in [2.24, 2.45) is 5.84 Å². The number of hydrogen-bond acceptors (Lipinski definition) is 5. The third-order valence-corrected chi connectivity index (χ3v) is 2.56. The molecule has 15 heavy (non-hydrogen) atoms. The summed E-state index contributed by atoms with van der Waals surface area (Å²) in [4.78, 5) is 10.9. The molecular formula is C10H19N5. The number of nitrogen functional groups attached to an aromatic ring is 1. The maximum Gasteiger partial charge on any atom is 0.227 e. The highest BCUT2D eigenvalue weighted by atomic mass is 15.3. The molecule has 5 nitrogen and oxygen atoms in total. The first kappa shape index (κ1) is 11.7. The molecule has 0 aromatic carbocycles. The van der Waals surface area contributed by atoms with Gasteiger partial charge in [-0.15, -0.1) is 0 Å². The van der Waals surface area contributed by atoms with E-state index in [1.165, 1.54) is 0 Å². The van der Waals surface area contributed by atoms with Gasteiger partial charge in [0.25, 0.3) is 0 Å². The van der Waals surface area contributed by atoms with Crippen molar-refractivity contribution >= 4 is 11.8 Å². The predicted molar refractivity (Wildman–Crippen MR) is 62.9 cm³/mol. The maximum absolute atomic E-state index is 5.41. The lowest BCUT2D eigenvalue weighted by Gasteiger charge is -2.20. The van der Waals surface area contributed by atoms with Crippen LogP contribution in [0.25, 0.3) is 0 Å². The molecule has 0 fully saturated rings. The molecule has 3 N–H and O–H groups in total. The molecule has 1 rings (SSSR count). The zero-order chi connectivity index (χ0) is 11.4. The SMILES string of the molecule is CCN(CC)c1nc(C)c(C)c(NN)n1. The molecule has 1 heterocycles. The van der Waals surface area contributed by atoms with Crippen molar-refractivity contribution in [3.05, 3.63) is 11.3 Å². The van der Waals surface area contributed by atoms with Crippen LogP contribution in [0, 0.1) is 13.8 Å². The molecule has 0 aliphatic carbocycles. The molecule has 0 spiro atoms. The fourth-order valence-corrected chi connectivity index (χ4v) is 1.40. The van der Waals surface area contributed by atoms with Crippen LogP contribution in [0.4, 0.5) is 11.8 Å². The van der Waals surface area contributed by atoms with Crippen LogP contribution in [0.15, 0.2) is 0 Å². The number of anilines is 2. The zero-order valence-corrected chi connectivity index (χ0v) is 9.83. The lowest BCUT2D eigenvalue weighted by molar-refractivity contribution is 0.814. The first-order chi connectivity index (χ1) is 7.13. The van der Waals surface area contributed by atoms with E-state index in [1.807, 2.05) is 13.8 Å². The Morgan fingerprint density at radius 2 is 1.80 bits per heavy atom. The number of aryl methyl sites for hydroxylation is 1. The van der Waals surface area contributed by atoms with Crippen LogP contribution in [0.5, 0.6) is 0 Å². The molecular weight excluding hydrogens is 190 g/mol. The average Bonchev–Trinajstić information content (AvgIpc) is 2.24. The highest BCUT2D eigenvalue weighted by Crippen LogP contribution is 2.18. The van der Waals surface area contributed by atoms with Gasteiger partial charge in [0.2, 0.25) is 5.95 Å². The Balaban J connectivity index is 3.15. The number of hydrogen-bond donors (Lipinski definition) is 2. The van der Waals surface area contributed by atoms with E-state index >= 15 is 0 Å². The molecule has 0 aliphatic rings. The van der Waals surface area contributed by atoms with E-state index in [9.17, 15) is 0 Å². The van der Waals surface area contributed by atoms with Crippen molar-refractivity contribution in [3.8, 4) is 0 Å². The molecule has 5 heteroatoms. The van der Waals surface area contributed by atoms with Crippen molar-refractivity contribution in [2.45, 2.75) is 27.7 Å². The Kier molecular flexibility index (Phi) is 3.85. The van der Waals surface area contributed by atoms with Gasteiger partial charge in [-0.1, -0.05) is 0 Å². The van der Waals surface area contributed by atoms with Gasteiger partial charge in [0.05, 0.1) is 0 Å². The van der Waals surface area contributed by atoms with Crippen molar-refractivity contribution in [2.75, 3.05) is 23.4 Å². The van der Waals surface area contributed by atoms with Crippen LogP contribution >= 0.6 is 0 Å². The van der Waals surface area contributed by atoms with Crippen molar-refractivity contribution in [1.82, 2.24) is 9.97 Å². The molecule has 0 saturated carbocycles. The smallest absolute Gasteiger partial charge is 0.227 e. The van der Waals surface area contributed by atoms with Gasteiger partial charge in [-0.3, -0.25) is 0 Å². The molecule has 0 aliphatic heterocycles. The lowest BCUT2D eigenvalue weighted by atomic mass is 10.2. The van der Waals surface area contributed by atoms with Gasteiger partial charge in [-0.25, -0.2) is 10.8 Å². The summed E-state index contributed by atoms with van der Waals surface area (Å²) < 4.78 is 0. The Hall–Kier alpha value is -1.36. The summed E-state index contributed by atoms with van der Waals surface area (Å²) in [5, 5.41) is 0. The van der Waals surface area contributed by atoms with Crippen LogP contribution in [0.1, 0.15) is 25.1 Å². The third kappa shape index (κ3) is 2.36. The second-order valence-corrected chi connectivity index (χ2v) is 3.40. The van der Waals surface area contributed by atoms with E-state index in [0.717, 1.165) is 30.3 Å². The second kappa shape index (κ2) is 4.93. The first-order valence-electron chi connectivity index (χ1n) is 5.20. The number of rotatable bonds is 4. The Morgan fingerprint density at radius 3 is 2.27 bits per heavy atom. The van der Waals surface area contributed by atoms with Gasteiger partial charge < -0.3 is 10.3 Å². The summed E-state index contributed by atoms with van der Waals surface area (Å²) >= 11 is 0. The largest absolute Gasteiger partial charge is 0.341 e. The molecule has 1 aromatic rings. The molecule has 84 valence electrons. The summed E-state index contributed by atoms with van der Waals surface area (Å²) in [5.41, 5.74) is 4.55. The van der Waals surface area contributed by atoms with Gasteiger partial charge in [0.1, 0.15) is 5.82 Å². The van der Waals surface area contributed by atoms with E-state index in [0.29, 0.717) is 5.82 Å². The van der Waals surface area contributed by atoms with E-state index in [2.05, 4.69) is 34.1 Å². The van der Waals surface area contributed by atoms with Crippen molar-refractivity contribution in [1.29, 1.82) is 0 Å². The zero-order valence-electron chi connectivity index (χ0n) is 9.83. The van der Waals surface area contributed by atoms with Crippen molar-refractivity contribution in [3.63, 3.8) is 0 Å². The normalized spacial score (nSPS) is 10.2. The Bertz CT molecular complexity index is 333. The summed E-state index contributed by atoms with van der Waals surface area (Å²) in [6, 6.07) is 0. The van der Waals surface area contributed by atoms with Crippen LogP contribution in [-0.4, -0.2) is 23.1 Å². The minimum absolute atomic E-state index is 0.699. The summed E-state index contributed by atoms with van der Waals surface area (Å²) in [6.07, 6.45) is 0. The molecule has 0 amide bonds. The van der Waals surface area contributed by atoms with Gasteiger partial charge >= 0.3 is 0 Å². The van der Waals surface area contributed by atoms with Crippen molar-refractivity contribution < 1.29 is 0 Å². The minimum atomic E-state index is 0.699. The molecule has 0 radical (unpaired) electrons. The third-order valence-electron chi connectivity index (χ3n) is 2.56. The second-order valence-electron chi connectivity index (χ2n) is 3.40. The molecule has 0 bridgehead atoms. The molecule has 0 saturated heterocycles. The van der Waals surface area contributed by atoms with E-state index in [4.69, 9.17) is 5.84 Å². The highest BCUT2D eigenvalue weighted by molar-refractivity contribution is 5.49. The first-order valence-corrected chi connectivity index (χ1v) is 5.20. The summed E-state index contributed by atoms with van der Waals surface area (Å²) in [5.74, 6) is 6.84. The maximum atomic E-state index is 5.41. The lowest BCUT2D eigenvalue weighted by Crippen LogP contribution is -2.25. The number of nitrogens with zero attached hydrogens (tertiary/aromatic N) is 3. The standard InChI is InChI=1S/C10H19N5/c1-5-15(6-2)10-12-8(4)7(3)9(13-10)14-11/h5-6,11H2,1-4H3,(H,12,13,14). The van der Waals surface area contributed by atoms with Gasteiger partial charge in [0, 0.05) is 24.3 Å². The Morgan fingerprint density at radius 1 is 1.20 bits per heavy atom. The number of nitrogens with one attached hydrogen (secondary N) is 1. The summed E-state index contributed by atoms with van der Waals surface area (Å²) in [6.45, 7) is 9.86. The number of nitrogens with two attached hydrogens (primary N) is 1. The van der Waals surface area contributed by atoms with Gasteiger partial charge in [-0.05, 0) is 27.7 Å². The quantitative estimate of drug-likeness (QED) is 0.576. The van der Waals surface area contributed by atoms with Crippen LogP contribution in [0.3, 0.4) is 0 Å². The molecule has 1 aromatic heterocycles. The summed E-state index contributed by atoms with van der Waals surface area (Å²) in [7, 11) is 0. The Labute approximate surface area is 90.7 Å². The monoisotopic (exact) mass is 209 g/mol. The van der Waals surface area contributed by atoms with E-state index in [1.54, 1.807) is 0 Å². The number of hydrazine groups is 1. The minimum Gasteiger partial charge on any atom is -0.341 e. The number of aromatic nitrogens is 2. The van der Waals surface area contributed by atoms with E-state index in [-0.39, 0.29) is 0 Å². The van der Waals surface area contributed by atoms with Crippen LogP contribution < -0.4 is 16.2 Å².